The third-order valence-electron chi connectivity index (χ3n) is 13.4. The second-order valence-electron chi connectivity index (χ2n) is 19.3. The van der Waals surface area contributed by atoms with E-state index in [4.69, 9.17) is 26.2 Å². The van der Waals surface area contributed by atoms with Crippen molar-refractivity contribution in [3.8, 4) is 69.0 Å². The van der Waals surface area contributed by atoms with Gasteiger partial charge in [-0.15, -0.1) is 0 Å². The highest BCUT2D eigenvalue weighted by Gasteiger charge is 2.15. The van der Waals surface area contributed by atoms with Gasteiger partial charge >= 0.3 is 5.97 Å². The fourth-order valence-corrected chi connectivity index (χ4v) is 7.28. The van der Waals surface area contributed by atoms with Crippen molar-refractivity contribution >= 4 is 17.6 Å². The SMILES string of the molecule is C.C.C.C.C.C.C.C.C.C.C.C.CCC(C)c1cc(O)cc(O)c1.CCC(C)c1cc(O)cc(OC(C)=O)c1.CCC(C)c1cc(O)cc(OC)c1.CCC(C)c1cc(O)ccc1O.CCC(C)c1ccc(Cl)c(O)c1.CCC(C)c1ccc(O)c(O)c1O. The Hall–Kier alpha value is -7.12. The summed E-state index contributed by atoms with van der Waals surface area (Å²) in [4.78, 5) is 10.8. The van der Waals surface area contributed by atoms with Crippen LogP contribution in [-0.2, 0) is 4.79 Å². The van der Waals surface area contributed by atoms with Crippen LogP contribution in [0.1, 0.15) is 287 Å². The van der Waals surface area contributed by atoms with E-state index in [2.05, 4.69) is 55.4 Å². The molecule has 0 radical (unpaired) electrons. The number of hydrogen-bond acceptors (Lipinski definition) is 13. The molecule has 6 atom stereocenters. The van der Waals surface area contributed by atoms with Crippen molar-refractivity contribution < 1.29 is 65.3 Å². The first-order valence-corrected chi connectivity index (χ1v) is 26.7. The highest BCUT2D eigenvalue weighted by Crippen LogP contribution is 2.41. The van der Waals surface area contributed by atoms with Gasteiger partial charge in [0.05, 0.1) is 12.1 Å². The van der Waals surface area contributed by atoms with Crippen LogP contribution in [0, 0.1) is 0 Å². The molecule has 0 aliphatic carbocycles. The molecule has 13 nitrogen and oxygen atoms in total. The predicted molar refractivity (Wildman–Crippen MR) is 391 cm³/mol. The van der Waals surface area contributed by atoms with E-state index in [0.717, 1.165) is 72.1 Å². The third kappa shape index (κ3) is 38.8. The van der Waals surface area contributed by atoms with Crippen LogP contribution in [0.15, 0.2) is 103 Å². The largest absolute Gasteiger partial charge is 0.508 e. The minimum atomic E-state index is -0.433. The smallest absolute Gasteiger partial charge is 0.308 e. The number of methoxy groups -OCH3 is 1. The predicted octanol–water partition coefficient (Wildman–Crippen LogP) is 24.5. The Balaban J connectivity index is -0.0000000780. The molecular weight excluding hydrogens is 1140 g/mol. The molecule has 0 aromatic heterocycles. The summed E-state index contributed by atoms with van der Waals surface area (Å²) in [7, 11) is 1.61. The zero-order valence-corrected chi connectivity index (χ0v) is 48.4. The van der Waals surface area contributed by atoms with Crippen molar-refractivity contribution in [2.45, 2.75) is 253 Å². The van der Waals surface area contributed by atoms with Gasteiger partial charge in [-0.1, -0.05) is 196 Å². The number of carbonyl (C=O) groups is 1. The van der Waals surface area contributed by atoms with Crippen LogP contribution in [0.4, 0.5) is 0 Å². The summed E-state index contributed by atoms with van der Waals surface area (Å²) in [6.45, 7) is 26.1. The molecule has 520 valence electrons. The Morgan fingerprint density at radius 2 is 0.708 bits per heavy atom. The molecule has 6 aromatic rings. The Morgan fingerprint density at radius 3 is 1.09 bits per heavy atom. The lowest BCUT2D eigenvalue weighted by atomic mass is 9.97. The third-order valence-corrected chi connectivity index (χ3v) is 13.7. The molecule has 6 aromatic carbocycles. The first kappa shape index (κ1) is 110. The molecule has 10 N–H and O–H groups in total. The summed E-state index contributed by atoms with van der Waals surface area (Å²) in [5.41, 5.74) is 5.71. The minimum absolute atomic E-state index is 0. The van der Waals surface area contributed by atoms with Gasteiger partial charge in [-0.05, 0) is 169 Å². The maximum absolute atomic E-state index is 10.8. The van der Waals surface area contributed by atoms with Crippen molar-refractivity contribution in [3.05, 3.63) is 142 Å². The molecule has 6 unspecified atom stereocenters. The fraction of sp³-hybridized carbons (Fsp3) is 0.507. The molecule has 0 amide bonds. The summed E-state index contributed by atoms with van der Waals surface area (Å²) < 4.78 is 10.0. The first-order chi connectivity index (χ1) is 36.2. The van der Waals surface area contributed by atoms with E-state index in [1.54, 1.807) is 67.8 Å². The monoisotopic (exact) mass is 1280 g/mol. The van der Waals surface area contributed by atoms with Crippen LogP contribution in [0.25, 0.3) is 0 Å². The van der Waals surface area contributed by atoms with Crippen LogP contribution in [0.5, 0.6) is 69.0 Å². The van der Waals surface area contributed by atoms with Gasteiger partial charge in [0.15, 0.2) is 11.5 Å². The Bertz CT molecular complexity index is 2690. The Kier molecular flexibility index (Phi) is 69.2. The maximum Gasteiger partial charge on any atom is 0.308 e. The molecule has 0 saturated carbocycles. The highest BCUT2D eigenvalue weighted by molar-refractivity contribution is 6.32. The van der Waals surface area contributed by atoms with Gasteiger partial charge in [0.1, 0.15) is 51.7 Å². The van der Waals surface area contributed by atoms with Gasteiger partial charge in [-0.3, -0.25) is 4.79 Å². The number of benzene rings is 6. The Labute approximate surface area is 551 Å². The molecule has 0 saturated heterocycles. The molecule has 0 aliphatic rings. The lowest BCUT2D eigenvalue weighted by Crippen LogP contribution is -2.02. The number of rotatable bonds is 14. The number of halogens is 1. The van der Waals surface area contributed by atoms with Crippen LogP contribution >= 0.6 is 11.6 Å². The number of carbonyl (C=O) groups excluding carboxylic acids is 1. The molecule has 0 aliphatic heterocycles. The van der Waals surface area contributed by atoms with E-state index in [1.165, 1.54) is 37.3 Å². The van der Waals surface area contributed by atoms with Gasteiger partial charge in [-0.25, -0.2) is 0 Å². The van der Waals surface area contributed by atoms with E-state index < -0.39 is 5.75 Å². The molecule has 0 heterocycles. The average Bonchev–Trinajstić information content (AvgIpc) is 3.40. The number of aromatic hydroxyl groups is 10. The molecular formula is C75H135ClO13. The maximum atomic E-state index is 10.8. The number of ether oxygens (including phenoxy) is 2. The summed E-state index contributed by atoms with van der Waals surface area (Å²) >= 11 is 5.68. The second kappa shape index (κ2) is 56.1. The summed E-state index contributed by atoms with van der Waals surface area (Å²) in [5.74, 6) is 3.24. The number of phenols is 10. The normalized spacial score (nSPS) is 11.0. The Morgan fingerprint density at radius 1 is 0.360 bits per heavy atom. The van der Waals surface area contributed by atoms with Crippen molar-refractivity contribution in [1.82, 2.24) is 0 Å². The number of hydrogen-bond donors (Lipinski definition) is 10. The van der Waals surface area contributed by atoms with Crippen molar-refractivity contribution in [2.75, 3.05) is 7.11 Å². The van der Waals surface area contributed by atoms with E-state index in [-0.39, 0.29) is 159 Å². The summed E-state index contributed by atoms with van der Waals surface area (Å²) in [5, 5.41) is 93.3. The van der Waals surface area contributed by atoms with E-state index in [9.17, 15) is 50.8 Å². The van der Waals surface area contributed by atoms with Crippen LogP contribution < -0.4 is 9.47 Å². The summed E-state index contributed by atoms with van der Waals surface area (Å²) in [6.07, 6.45) is 5.94. The summed E-state index contributed by atoms with van der Waals surface area (Å²) in [6, 6.07) is 28.1. The van der Waals surface area contributed by atoms with Crippen LogP contribution in [0.3, 0.4) is 0 Å². The van der Waals surface area contributed by atoms with Gasteiger partial charge in [0.25, 0.3) is 0 Å². The van der Waals surface area contributed by atoms with E-state index in [1.807, 2.05) is 39.8 Å². The molecule has 0 fully saturated rings. The van der Waals surface area contributed by atoms with E-state index in [0.29, 0.717) is 40.0 Å². The van der Waals surface area contributed by atoms with E-state index >= 15 is 0 Å². The zero-order valence-electron chi connectivity index (χ0n) is 47.6. The van der Waals surface area contributed by atoms with Gasteiger partial charge in [0.2, 0.25) is 5.75 Å². The quantitative estimate of drug-likeness (QED) is 0.0212. The topological polar surface area (TPSA) is 238 Å². The standard InChI is InChI=1S/C12H16O3.C11H16O2.C10H13ClO.C10H14O3.2C10H14O2.12CH4/c1-4-8(2)10-5-11(14)7-12(6-10)15-9(3)13;1-4-8(2)9-5-10(12)7-11(6-9)13-3;1-3-7(2)8-4-5-9(11)10(12)6-8;1-3-6(2)7-4-5-8(11)10(13)9(7)12;1-3-7(2)8-4-9(11)6-10(12)5-8;1-3-7(2)9-6-8(11)4-5-10(9)12;;;;;;;;;;;;/h5-8,14H,4H2,1-3H3;5-8,12H,4H2,1-3H3;4-7,12H,3H2,1-2H3;4-6,11-13H,3H2,1-2H3;2*4-7,11-12H,3H2,1-2H3;12*1H4. The minimum Gasteiger partial charge on any atom is -0.508 e. The lowest BCUT2D eigenvalue weighted by molar-refractivity contribution is -0.131. The average molecular weight is 1280 g/mol. The fourth-order valence-electron chi connectivity index (χ4n) is 7.16. The zero-order chi connectivity index (χ0) is 58.7. The van der Waals surface area contributed by atoms with Crippen molar-refractivity contribution in [2.24, 2.45) is 0 Å². The molecule has 14 heteroatoms. The highest BCUT2D eigenvalue weighted by atomic mass is 35.5. The number of phenolic OH excluding ortho intramolecular Hbond substituents is 10. The molecule has 0 spiro atoms. The van der Waals surface area contributed by atoms with Crippen molar-refractivity contribution in [1.29, 1.82) is 0 Å². The molecule has 89 heavy (non-hydrogen) atoms. The van der Waals surface area contributed by atoms with Crippen LogP contribution in [0.2, 0.25) is 5.02 Å². The second-order valence-corrected chi connectivity index (χ2v) is 19.7. The van der Waals surface area contributed by atoms with Crippen molar-refractivity contribution in [3.63, 3.8) is 0 Å². The van der Waals surface area contributed by atoms with Gasteiger partial charge < -0.3 is 60.5 Å². The first-order valence-electron chi connectivity index (χ1n) is 26.4. The van der Waals surface area contributed by atoms with Gasteiger partial charge in [-0.2, -0.15) is 0 Å². The lowest BCUT2D eigenvalue weighted by Gasteiger charge is -2.12. The molecule has 6 rings (SSSR count). The molecule has 0 bridgehead atoms. The number of esters is 1. The van der Waals surface area contributed by atoms with Crippen LogP contribution in [-0.4, -0.2) is 64.1 Å². The van der Waals surface area contributed by atoms with Gasteiger partial charge in [0, 0.05) is 36.2 Å².